The molecule has 9 heteroatoms. The minimum Gasteiger partial charge on any atom is -0.369 e. The molecule has 1 amide bonds. The second kappa shape index (κ2) is 9.64. The number of hydrogen-bond acceptors (Lipinski definition) is 6. The Morgan fingerprint density at radius 3 is 2.32 bits per heavy atom. The molecular weight excluding hydrogens is 432 g/mol. The summed E-state index contributed by atoms with van der Waals surface area (Å²) in [4.78, 5) is 28.3. The third kappa shape index (κ3) is 4.94. The van der Waals surface area contributed by atoms with Crippen LogP contribution in [0.25, 0.3) is 0 Å². The van der Waals surface area contributed by atoms with E-state index in [4.69, 9.17) is 0 Å². The molecule has 2 aromatic carbocycles. The van der Waals surface area contributed by atoms with Gasteiger partial charge in [-0.2, -0.15) is 5.10 Å². The van der Waals surface area contributed by atoms with Crippen LogP contribution in [0.4, 0.5) is 17.1 Å². The topological polar surface area (TPSA) is 96.5 Å². The molecule has 0 spiro atoms. The molecule has 4 rings (SSSR count). The van der Waals surface area contributed by atoms with Crippen LogP contribution in [0.3, 0.4) is 0 Å². The largest absolute Gasteiger partial charge is 0.369 e. The predicted octanol–water partition coefficient (Wildman–Crippen LogP) is 3.77. The number of amides is 1. The van der Waals surface area contributed by atoms with Crippen LogP contribution in [-0.4, -0.2) is 58.7 Å². The van der Waals surface area contributed by atoms with Gasteiger partial charge in [0.25, 0.3) is 5.91 Å². The number of likely N-dealkylation sites (N-methyl/N-ethyl adjacent to an activating group) is 1. The van der Waals surface area contributed by atoms with Crippen molar-refractivity contribution in [3.8, 4) is 0 Å². The number of nitro groups is 1. The Morgan fingerprint density at radius 1 is 1.06 bits per heavy atom. The number of aryl methyl sites for hydroxylation is 2. The lowest BCUT2D eigenvalue weighted by Gasteiger charge is -2.35. The predicted molar refractivity (Wildman–Crippen MR) is 133 cm³/mol. The van der Waals surface area contributed by atoms with Crippen LogP contribution in [0.1, 0.15) is 32.9 Å². The molecule has 3 aromatic rings. The van der Waals surface area contributed by atoms with Crippen LogP contribution < -0.4 is 10.2 Å². The zero-order chi connectivity index (χ0) is 24.4. The normalized spacial score (nSPS) is 14.3. The van der Waals surface area contributed by atoms with Gasteiger partial charge in [0.05, 0.1) is 11.5 Å². The summed E-state index contributed by atoms with van der Waals surface area (Å²) in [7, 11) is 2.14. The summed E-state index contributed by atoms with van der Waals surface area (Å²) >= 11 is 0. The molecule has 2 heterocycles. The summed E-state index contributed by atoms with van der Waals surface area (Å²) < 4.78 is 1.62. The van der Waals surface area contributed by atoms with E-state index in [-0.39, 0.29) is 11.6 Å². The summed E-state index contributed by atoms with van der Waals surface area (Å²) in [5.41, 5.74) is 5.52. The first-order valence-corrected chi connectivity index (χ1v) is 11.4. The number of carbonyl (C=O) groups excluding carboxylic acids is 1. The van der Waals surface area contributed by atoms with E-state index < -0.39 is 4.92 Å². The zero-order valence-electron chi connectivity index (χ0n) is 20.0. The SMILES string of the molecule is Cc1cc(NC(=O)c2ccc(Cn3nc(C)c([N+](=O)[O-])c3C)cc2)ccc1N1CCN(C)CC1. The molecule has 9 nitrogen and oxygen atoms in total. The van der Waals surface area contributed by atoms with Crippen molar-refractivity contribution < 1.29 is 9.72 Å². The Labute approximate surface area is 199 Å². The maximum absolute atomic E-state index is 12.8. The summed E-state index contributed by atoms with van der Waals surface area (Å²) in [5, 5.41) is 18.5. The van der Waals surface area contributed by atoms with E-state index in [9.17, 15) is 14.9 Å². The number of carbonyl (C=O) groups is 1. The Bertz CT molecular complexity index is 1210. The third-order valence-corrected chi connectivity index (χ3v) is 6.37. The maximum atomic E-state index is 12.8. The number of rotatable bonds is 6. The lowest BCUT2D eigenvalue weighted by molar-refractivity contribution is -0.386. The molecule has 0 unspecified atom stereocenters. The number of anilines is 2. The molecule has 1 aliphatic heterocycles. The average molecular weight is 463 g/mol. The average Bonchev–Trinajstić information content (AvgIpc) is 3.08. The van der Waals surface area contributed by atoms with Gasteiger partial charge >= 0.3 is 5.69 Å². The lowest BCUT2D eigenvalue weighted by Crippen LogP contribution is -2.44. The molecular formula is C25H30N6O3. The number of aromatic nitrogens is 2. The second-order valence-electron chi connectivity index (χ2n) is 8.88. The highest BCUT2D eigenvalue weighted by Gasteiger charge is 2.22. The fourth-order valence-electron chi connectivity index (χ4n) is 4.38. The van der Waals surface area contributed by atoms with Crippen molar-refractivity contribution in [3.63, 3.8) is 0 Å². The van der Waals surface area contributed by atoms with Gasteiger partial charge in [0, 0.05) is 43.1 Å². The van der Waals surface area contributed by atoms with Crippen molar-refractivity contribution in [2.75, 3.05) is 43.4 Å². The van der Waals surface area contributed by atoms with Crippen LogP contribution in [0.15, 0.2) is 42.5 Å². The molecule has 1 fully saturated rings. The summed E-state index contributed by atoms with van der Waals surface area (Å²) in [6.07, 6.45) is 0. The quantitative estimate of drug-likeness (QED) is 0.443. The molecule has 0 bridgehead atoms. The fourth-order valence-corrected chi connectivity index (χ4v) is 4.38. The summed E-state index contributed by atoms with van der Waals surface area (Å²) in [6.45, 7) is 9.89. The number of hydrogen-bond donors (Lipinski definition) is 1. The van der Waals surface area contributed by atoms with Gasteiger partial charge in [-0.05, 0) is 69.3 Å². The molecule has 0 atom stereocenters. The summed E-state index contributed by atoms with van der Waals surface area (Å²) in [5.74, 6) is -0.181. The molecule has 34 heavy (non-hydrogen) atoms. The highest BCUT2D eigenvalue weighted by atomic mass is 16.6. The molecule has 1 N–H and O–H groups in total. The van der Waals surface area contributed by atoms with Crippen molar-refractivity contribution in [2.24, 2.45) is 0 Å². The molecule has 0 aliphatic carbocycles. The van der Waals surface area contributed by atoms with Gasteiger partial charge < -0.3 is 15.1 Å². The minimum atomic E-state index is -0.402. The van der Waals surface area contributed by atoms with Crippen LogP contribution in [0.2, 0.25) is 0 Å². The second-order valence-corrected chi connectivity index (χ2v) is 8.88. The van der Waals surface area contributed by atoms with Crippen molar-refractivity contribution >= 4 is 23.0 Å². The monoisotopic (exact) mass is 462 g/mol. The van der Waals surface area contributed by atoms with E-state index in [2.05, 4.69) is 40.3 Å². The first-order valence-electron chi connectivity index (χ1n) is 11.4. The van der Waals surface area contributed by atoms with Crippen molar-refractivity contribution in [1.29, 1.82) is 0 Å². The van der Waals surface area contributed by atoms with Crippen LogP contribution in [0.5, 0.6) is 0 Å². The molecule has 0 radical (unpaired) electrons. The number of benzene rings is 2. The minimum absolute atomic E-state index is 0.0462. The lowest BCUT2D eigenvalue weighted by atomic mass is 10.1. The van der Waals surface area contributed by atoms with E-state index in [0.717, 1.165) is 43.0 Å². The Balaban J connectivity index is 1.41. The highest BCUT2D eigenvalue weighted by Crippen LogP contribution is 2.25. The number of nitrogens with one attached hydrogen (secondary N) is 1. The fraction of sp³-hybridized carbons (Fsp3) is 0.360. The van der Waals surface area contributed by atoms with Gasteiger partial charge in [-0.1, -0.05) is 12.1 Å². The van der Waals surface area contributed by atoms with Gasteiger partial charge in [0.2, 0.25) is 0 Å². The van der Waals surface area contributed by atoms with Crippen LogP contribution in [0, 0.1) is 30.9 Å². The van der Waals surface area contributed by atoms with Gasteiger partial charge in [-0.25, -0.2) is 0 Å². The first kappa shape index (κ1) is 23.4. The van der Waals surface area contributed by atoms with E-state index in [1.807, 2.05) is 24.3 Å². The van der Waals surface area contributed by atoms with Crippen molar-refractivity contribution in [1.82, 2.24) is 14.7 Å². The Hall–Kier alpha value is -3.72. The van der Waals surface area contributed by atoms with E-state index in [1.165, 1.54) is 5.69 Å². The van der Waals surface area contributed by atoms with E-state index in [0.29, 0.717) is 23.5 Å². The number of nitrogens with zero attached hydrogens (tertiary/aromatic N) is 5. The van der Waals surface area contributed by atoms with E-state index >= 15 is 0 Å². The third-order valence-electron chi connectivity index (χ3n) is 6.37. The molecule has 0 saturated carbocycles. The van der Waals surface area contributed by atoms with Gasteiger partial charge in [0.1, 0.15) is 11.4 Å². The molecule has 1 aliphatic rings. The highest BCUT2D eigenvalue weighted by molar-refractivity contribution is 6.04. The smallest absolute Gasteiger partial charge is 0.312 e. The number of piperazine rings is 1. The first-order chi connectivity index (χ1) is 16.2. The van der Waals surface area contributed by atoms with Gasteiger partial charge in [-0.15, -0.1) is 0 Å². The molecule has 1 aromatic heterocycles. The van der Waals surface area contributed by atoms with Gasteiger partial charge in [0.15, 0.2) is 0 Å². The van der Waals surface area contributed by atoms with Crippen molar-refractivity contribution in [3.05, 3.63) is 80.7 Å². The summed E-state index contributed by atoms with van der Waals surface area (Å²) in [6, 6.07) is 13.2. The zero-order valence-corrected chi connectivity index (χ0v) is 20.0. The Kier molecular flexibility index (Phi) is 6.65. The van der Waals surface area contributed by atoms with Crippen LogP contribution >= 0.6 is 0 Å². The van der Waals surface area contributed by atoms with Crippen LogP contribution in [-0.2, 0) is 6.54 Å². The van der Waals surface area contributed by atoms with Gasteiger partial charge in [-0.3, -0.25) is 19.6 Å². The van der Waals surface area contributed by atoms with Crippen molar-refractivity contribution in [2.45, 2.75) is 27.3 Å². The van der Waals surface area contributed by atoms with E-state index in [1.54, 1.807) is 30.7 Å². The standard InChI is InChI=1S/C25H30N6O3/c1-17-15-22(9-10-23(17)29-13-11-28(4)12-14-29)26-25(32)21-7-5-20(6-8-21)16-30-19(3)24(31(33)34)18(2)27-30/h5-10,15H,11-14,16H2,1-4H3,(H,26,32). The maximum Gasteiger partial charge on any atom is 0.312 e. The molecule has 1 saturated heterocycles. The molecule has 178 valence electrons. The Morgan fingerprint density at radius 2 is 1.74 bits per heavy atom.